The van der Waals surface area contributed by atoms with Gasteiger partial charge < -0.3 is 4.57 Å². The second kappa shape index (κ2) is 12.9. The number of hydrogen-bond acceptors (Lipinski definition) is 4. The molecule has 13 aromatic rings. The van der Waals surface area contributed by atoms with E-state index in [1.165, 1.54) is 63.5 Å². The Bertz CT molecular complexity index is 3890. The first-order valence-corrected chi connectivity index (χ1v) is 21.1. The number of aromatic nitrogens is 4. The molecule has 0 bridgehead atoms. The fourth-order valence-electron chi connectivity index (χ4n) is 9.40. The van der Waals surface area contributed by atoms with E-state index in [1.54, 1.807) is 0 Å². The minimum absolute atomic E-state index is 0.648. The molecule has 0 aliphatic carbocycles. The number of hydrogen-bond donors (Lipinski definition) is 0. The van der Waals surface area contributed by atoms with Gasteiger partial charge in [-0.2, -0.15) is 0 Å². The van der Waals surface area contributed by atoms with Crippen molar-refractivity contribution < 1.29 is 0 Å². The minimum atomic E-state index is 0.648. The van der Waals surface area contributed by atoms with Crippen LogP contribution in [0.4, 0.5) is 0 Å². The lowest BCUT2D eigenvalue weighted by atomic mass is 9.99. The van der Waals surface area contributed by atoms with E-state index in [1.807, 2.05) is 29.5 Å². The SMILES string of the molecule is c1ccc(-c2nc(-c3cccc4ccccc34)nc(-c3cc4ccccc4c4sc5ccc(-n6c7cc8ccccc8cc7c7ccc8ccccc8c76)cc5c34)n2)cc1. The van der Waals surface area contributed by atoms with Crippen molar-refractivity contribution >= 4 is 96.4 Å². The Labute approximate surface area is 348 Å². The summed E-state index contributed by atoms with van der Waals surface area (Å²) < 4.78 is 4.93. The summed E-state index contributed by atoms with van der Waals surface area (Å²) in [6.45, 7) is 0. The van der Waals surface area contributed by atoms with E-state index in [9.17, 15) is 0 Å². The maximum Gasteiger partial charge on any atom is 0.164 e. The maximum absolute atomic E-state index is 5.39. The fourth-order valence-corrected chi connectivity index (χ4v) is 10.6. The van der Waals surface area contributed by atoms with Crippen LogP contribution in [-0.2, 0) is 0 Å². The Kier molecular flexibility index (Phi) is 7.14. The van der Waals surface area contributed by atoms with Crippen molar-refractivity contribution in [2.45, 2.75) is 0 Å². The van der Waals surface area contributed by atoms with E-state index in [2.05, 4.69) is 180 Å². The van der Waals surface area contributed by atoms with Gasteiger partial charge in [0.15, 0.2) is 17.5 Å². The lowest BCUT2D eigenvalue weighted by Crippen LogP contribution is -2.01. The summed E-state index contributed by atoms with van der Waals surface area (Å²) >= 11 is 1.84. The van der Waals surface area contributed by atoms with Crippen LogP contribution in [0.5, 0.6) is 0 Å². The quantitative estimate of drug-likeness (QED) is 0.179. The summed E-state index contributed by atoms with van der Waals surface area (Å²) in [4.78, 5) is 15.9. The molecule has 0 atom stereocenters. The molecule has 10 aromatic carbocycles. The Morgan fingerprint density at radius 3 is 1.82 bits per heavy atom. The van der Waals surface area contributed by atoms with Gasteiger partial charge in [-0.1, -0.05) is 158 Å². The zero-order chi connectivity index (χ0) is 39.3. The van der Waals surface area contributed by atoms with Gasteiger partial charge in [-0.3, -0.25) is 0 Å². The largest absolute Gasteiger partial charge is 0.309 e. The molecule has 0 aliphatic heterocycles. The van der Waals surface area contributed by atoms with Crippen molar-refractivity contribution in [2.24, 2.45) is 0 Å². The monoisotopic (exact) mass is 780 g/mol. The lowest BCUT2D eigenvalue weighted by Gasteiger charge is -2.13. The standard InChI is InChI=1S/C55H32N4S/c1-2-15-35(16-3-1)53-56-54(44-24-12-20-33-13-6-9-21-40(33)44)58-55(57-53)47-30-38-19-8-11-23-42(38)52-50(47)46-32-39(26-28-49(46)60-52)59-48-31-37-18-5-4-17-36(37)29-45(48)43-27-25-34-14-7-10-22-41(34)51(43)59/h1-32H. The first-order chi connectivity index (χ1) is 29.7. The summed E-state index contributed by atoms with van der Waals surface area (Å²) in [5, 5.41) is 14.4. The van der Waals surface area contributed by atoms with Gasteiger partial charge in [0, 0.05) is 58.7 Å². The van der Waals surface area contributed by atoms with Crippen LogP contribution in [-0.4, -0.2) is 19.5 Å². The summed E-state index contributed by atoms with van der Waals surface area (Å²) in [6, 6.07) is 69.8. The van der Waals surface area contributed by atoms with Crippen LogP contribution >= 0.6 is 11.3 Å². The summed E-state index contributed by atoms with van der Waals surface area (Å²) in [5.41, 5.74) is 6.44. The summed E-state index contributed by atoms with van der Waals surface area (Å²) in [7, 11) is 0. The molecule has 3 aromatic heterocycles. The molecule has 0 saturated heterocycles. The van der Waals surface area contributed by atoms with Gasteiger partial charge in [0.05, 0.1) is 11.0 Å². The van der Waals surface area contributed by atoms with E-state index in [4.69, 9.17) is 15.0 Å². The molecule has 4 nitrogen and oxygen atoms in total. The molecule has 0 N–H and O–H groups in total. The average Bonchev–Trinajstić information content (AvgIpc) is 3.86. The van der Waals surface area contributed by atoms with Gasteiger partial charge >= 0.3 is 0 Å². The van der Waals surface area contributed by atoms with E-state index in [-0.39, 0.29) is 0 Å². The highest BCUT2D eigenvalue weighted by Gasteiger charge is 2.22. The molecule has 60 heavy (non-hydrogen) atoms. The number of rotatable bonds is 4. The molecule has 3 heterocycles. The zero-order valence-corrected chi connectivity index (χ0v) is 33.0. The van der Waals surface area contributed by atoms with Crippen molar-refractivity contribution in [3.8, 4) is 39.9 Å². The van der Waals surface area contributed by atoms with Gasteiger partial charge in [-0.15, -0.1) is 11.3 Å². The Hall–Kier alpha value is -7.73. The highest BCUT2D eigenvalue weighted by molar-refractivity contribution is 7.26. The number of nitrogens with zero attached hydrogens (tertiary/aromatic N) is 4. The van der Waals surface area contributed by atoms with Crippen molar-refractivity contribution in [3.63, 3.8) is 0 Å². The van der Waals surface area contributed by atoms with E-state index < -0.39 is 0 Å². The molecule has 13 rings (SSSR count). The van der Waals surface area contributed by atoms with Crippen molar-refractivity contribution in [1.29, 1.82) is 0 Å². The molecule has 0 radical (unpaired) electrons. The van der Waals surface area contributed by atoms with E-state index in [0.29, 0.717) is 17.5 Å². The summed E-state index contributed by atoms with van der Waals surface area (Å²) in [5.74, 6) is 1.96. The second-order valence-corrected chi connectivity index (χ2v) is 16.6. The minimum Gasteiger partial charge on any atom is -0.309 e. The lowest BCUT2D eigenvalue weighted by molar-refractivity contribution is 1.08. The first kappa shape index (κ1) is 33.3. The second-order valence-electron chi connectivity index (χ2n) is 15.6. The van der Waals surface area contributed by atoms with E-state index >= 15 is 0 Å². The van der Waals surface area contributed by atoms with Gasteiger partial charge in [0.2, 0.25) is 0 Å². The predicted octanol–water partition coefficient (Wildman–Crippen LogP) is 15.0. The molecule has 5 heteroatoms. The molecule has 278 valence electrons. The molecular weight excluding hydrogens is 749 g/mol. The van der Waals surface area contributed by atoms with Crippen LogP contribution in [0.1, 0.15) is 0 Å². The van der Waals surface area contributed by atoms with Gasteiger partial charge in [0.1, 0.15) is 0 Å². The first-order valence-electron chi connectivity index (χ1n) is 20.3. The smallest absolute Gasteiger partial charge is 0.164 e. The Morgan fingerprint density at radius 2 is 1.00 bits per heavy atom. The van der Waals surface area contributed by atoms with Gasteiger partial charge in [-0.25, -0.2) is 15.0 Å². The molecule has 0 spiro atoms. The van der Waals surface area contributed by atoms with Crippen LogP contribution in [0.2, 0.25) is 0 Å². The van der Waals surface area contributed by atoms with Crippen molar-refractivity contribution in [2.75, 3.05) is 0 Å². The van der Waals surface area contributed by atoms with E-state index in [0.717, 1.165) is 43.9 Å². The molecule has 0 amide bonds. The van der Waals surface area contributed by atoms with Crippen LogP contribution in [0.15, 0.2) is 194 Å². The van der Waals surface area contributed by atoms with Gasteiger partial charge in [0.25, 0.3) is 0 Å². The molecule has 0 unspecified atom stereocenters. The number of fused-ring (bicyclic) bond motifs is 12. The zero-order valence-electron chi connectivity index (χ0n) is 32.2. The normalized spacial score (nSPS) is 12.0. The van der Waals surface area contributed by atoms with Crippen molar-refractivity contribution in [1.82, 2.24) is 19.5 Å². The Morgan fingerprint density at radius 1 is 0.367 bits per heavy atom. The summed E-state index contributed by atoms with van der Waals surface area (Å²) in [6.07, 6.45) is 0. The van der Waals surface area contributed by atoms with Gasteiger partial charge in [-0.05, 0) is 74.1 Å². The third-order valence-corrected chi connectivity index (χ3v) is 13.4. The Balaban J connectivity index is 1.14. The number of thiophene rings is 1. The molecule has 0 saturated carbocycles. The molecule has 0 fully saturated rings. The predicted molar refractivity (Wildman–Crippen MR) is 253 cm³/mol. The topological polar surface area (TPSA) is 43.6 Å². The van der Waals surface area contributed by atoms with Crippen LogP contribution in [0.3, 0.4) is 0 Å². The maximum atomic E-state index is 5.39. The molecule has 0 aliphatic rings. The fraction of sp³-hybridized carbons (Fsp3) is 0. The van der Waals surface area contributed by atoms with Crippen molar-refractivity contribution in [3.05, 3.63) is 194 Å². The number of benzene rings is 10. The van der Waals surface area contributed by atoms with Crippen LogP contribution < -0.4 is 0 Å². The van der Waals surface area contributed by atoms with Crippen LogP contribution in [0, 0.1) is 0 Å². The molecular formula is C55H32N4S. The van der Waals surface area contributed by atoms with Crippen LogP contribution in [0.25, 0.3) is 125 Å². The third-order valence-electron chi connectivity index (χ3n) is 12.2. The average molecular weight is 781 g/mol. The third kappa shape index (κ3) is 5.00. The highest BCUT2D eigenvalue weighted by Crippen LogP contribution is 2.46. The highest BCUT2D eigenvalue weighted by atomic mass is 32.1.